The molecular weight excluding hydrogens is 296 g/mol. The summed E-state index contributed by atoms with van der Waals surface area (Å²) in [4.78, 5) is 25.6. The fourth-order valence-corrected chi connectivity index (χ4v) is 2.60. The Morgan fingerprint density at radius 2 is 1.78 bits per heavy atom. The van der Waals surface area contributed by atoms with Gasteiger partial charge in [0.1, 0.15) is 0 Å². The topological polar surface area (TPSA) is 93.7 Å². The Kier molecular flexibility index (Phi) is 4.66. The van der Waals surface area contributed by atoms with Crippen LogP contribution in [0, 0.1) is 0 Å². The largest absolute Gasteiger partial charge is 0.392 e. The Morgan fingerprint density at radius 3 is 2.43 bits per heavy atom. The summed E-state index contributed by atoms with van der Waals surface area (Å²) in [6.07, 6.45) is 2.87. The molecular formula is C16H22N4O3. The fraction of sp³-hybridized carbons (Fsp3) is 0.500. The number of anilines is 1. The number of hydrogen-bond donors (Lipinski definition) is 4. The zero-order chi connectivity index (χ0) is 16.2. The monoisotopic (exact) mass is 318 g/mol. The van der Waals surface area contributed by atoms with Gasteiger partial charge in [-0.15, -0.1) is 0 Å². The maximum absolute atomic E-state index is 12.2. The molecule has 4 N–H and O–H groups in total. The Bertz CT molecular complexity index is 571. The second kappa shape index (κ2) is 6.87. The van der Waals surface area contributed by atoms with Crippen molar-refractivity contribution < 1.29 is 14.7 Å². The van der Waals surface area contributed by atoms with Gasteiger partial charge in [-0.3, -0.25) is 0 Å². The second-order valence-corrected chi connectivity index (χ2v) is 6.11. The molecule has 0 radical (unpaired) electrons. The van der Waals surface area contributed by atoms with E-state index in [1.165, 1.54) is 0 Å². The minimum absolute atomic E-state index is 0.00346. The lowest BCUT2D eigenvalue weighted by Crippen LogP contribution is -2.44. The molecule has 1 aromatic carbocycles. The van der Waals surface area contributed by atoms with Gasteiger partial charge in [0.05, 0.1) is 6.61 Å². The number of benzene rings is 1. The molecule has 4 amide bonds. The van der Waals surface area contributed by atoms with Gasteiger partial charge in [-0.25, -0.2) is 9.59 Å². The first kappa shape index (κ1) is 15.6. The Labute approximate surface area is 135 Å². The van der Waals surface area contributed by atoms with E-state index in [2.05, 4.69) is 16.0 Å². The Hall–Kier alpha value is -2.28. The number of carbonyl (C=O) groups is 2. The van der Waals surface area contributed by atoms with Crippen LogP contribution in [0.4, 0.5) is 15.3 Å². The minimum Gasteiger partial charge on any atom is -0.392 e. The number of carbonyl (C=O) groups excluding carboxylic acids is 2. The van der Waals surface area contributed by atoms with Gasteiger partial charge in [-0.2, -0.15) is 0 Å². The van der Waals surface area contributed by atoms with Crippen molar-refractivity contribution in [1.29, 1.82) is 0 Å². The first-order chi connectivity index (χ1) is 11.1. The normalized spacial score (nSPS) is 20.2. The van der Waals surface area contributed by atoms with Crippen LogP contribution >= 0.6 is 0 Å². The number of urea groups is 2. The van der Waals surface area contributed by atoms with Gasteiger partial charge in [-0.05, 0) is 37.0 Å². The highest BCUT2D eigenvalue weighted by Crippen LogP contribution is 2.18. The van der Waals surface area contributed by atoms with E-state index >= 15 is 0 Å². The summed E-state index contributed by atoms with van der Waals surface area (Å²) in [5.41, 5.74) is 1.49. The highest BCUT2D eigenvalue weighted by molar-refractivity contribution is 5.89. The zero-order valence-corrected chi connectivity index (χ0v) is 12.9. The smallest absolute Gasteiger partial charge is 0.321 e. The third-order valence-electron chi connectivity index (χ3n) is 4.11. The van der Waals surface area contributed by atoms with Gasteiger partial charge in [0, 0.05) is 30.9 Å². The number of rotatable bonds is 4. The molecule has 0 bridgehead atoms. The first-order valence-corrected chi connectivity index (χ1v) is 7.97. The van der Waals surface area contributed by atoms with Crippen molar-refractivity contribution in [3.8, 4) is 0 Å². The van der Waals surface area contributed by atoms with Crippen molar-refractivity contribution in [2.75, 3.05) is 18.4 Å². The van der Waals surface area contributed by atoms with Crippen molar-refractivity contribution >= 4 is 17.7 Å². The van der Waals surface area contributed by atoms with Gasteiger partial charge in [0.2, 0.25) is 0 Å². The summed E-state index contributed by atoms with van der Waals surface area (Å²) in [5.74, 6) is 0. The molecule has 1 aromatic rings. The van der Waals surface area contributed by atoms with Gasteiger partial charge < -0.3 is 26.0 Å². The number of nitrogens with zero attached hydrogens (tertiary/aromatic N) is 1. The molecule has 23 heavy (non-hydrogen) atoms. The van der Waals surface area contributed by atoms with Crippen LogP contribution in [0.15, 0.2) is 24.3 Å². The molecule has 0 spiro atoms. The van der Waals surface area contributed by atoms with Crippen molar-refractivity contribution in [3.63, 3.8) is 0 Å². The summed E-state index contributed by atoms with van der Waals surface area (Å²) in [7, 11) is 0. The van der Waals surface area contributed by atoms with E-state index in [0.717, 1.165) is 24.8 Å². The van der Waals surface area contributed by atoms with Gasteiger partial charge >= 0.3 is 12.1 Å². The second-order valence-electron chi connectivity index (χ2n) is 6.11. The fourth-order valence-electron chi connectivity index (χ4n) is 2.60. The number of likely N-dealkylation sites (tertiary alicyclic amines) is 1. The van der Waals surface area contributed by atoms with E-state index in [1.54, 1.807) is 29.2 Å². The molecule has 1 saturated heterocycles. The molecule has 1 saturated carbocycles. The predicted molar refractivity (Wildman–Crippen MR) is 86.1 cm³/mol. The number of amides is 4. The standard InChI is InChI=1S/C16H22N4O3/c21-10-11-1-3-13(4-2-11)19-16(23)20-8-7-14(9-20)18-15(22)17-12-5-6-12/h1-4,12,14,21H,5-10H2,(H,19,23)(H2,17,18,22). The molecule has 2 aliphatic rings. The summed E-state index contributed by atoms with van der Waals surface area (Å²) in [6, 6.07) is 7.08. The Morgan fingerprint density at radius 1 is 1.09 bits per heavy atom. The minimum atomic E-state index is -0.173. The molecule has 1 atom stereocenters. The van der Waals surface area contributed by atoms with E-state index in [9.17, 15) is 9.59 Å². The molecule has 3 rings (SSSR count). The van der Waals surface area contributed by atoms with Crippen LogP contribution in [0.3, 0.4) is 0 Å². The van der Waals surface area contributed by atoms with Crippen molar-refractivity contribution in [1.82, 2.24) is 15.5 Å². The van der Waals surface area contributed by atoms with E-state index in [4.69, 9.17) is 5.11 Å². The highest BCUT2D eigenvalue weighted by Gasteiger charge is 2.29. The third kappa shape index (κ3) is 4.35. The summed E-state index contributed by atoms with van der Waals surface area (Å²) < 4.78 is 0. The molecule has 0 aromatic heterocycles. The van der Waals surface area contributed by atoms with Crippen LogP contribution in [-0.4, -0.2) is 47.2 Å². The summed E-state index contributed by atoms with van der Waals surface area (Å²) in [6.45, 7) is 1.12. The van der Waals surface area contributed by atoms with Crippen LogP contribution in [0.1, 0.15) is 24.8 Å². The van der Waals surface area contributed by atoms with E-state index in [-0.39, 0.29) is 24.7 Å². The van der Waals surface area contributed by atoms with E-state index in [1.807, 2.05) is 0 Å². The number of aliphatic hydroxyl groups is 1. The van der Waals surface area contributed by atoms with Gasteiger partial charge in [-0.1, -0.05) is 12.1 Å². The average molecular weight is 318 g/mol. The van der Waals surface area contributed by atoms with Crippen LogP contribution in [0.5, 0.6) is 0 Å². The van der Waals surface area contributed by atoms with E-state index in [0.29, 0.717) is 24.8 Å². The molecule has 1 aliphatic heterocycles. The summed E-state index contributed by atoms with van der Waals surface area (Å²) in [5, 5.41) is 17.6. The SMILES string of the molecule is O=C(NC1CC1)NC1CCN(C(=O)Nc2ccc(CO)cc2)C1. The molecule has 2 fully saturated rings. The maximum atomic E-state index is 12.2. The zero-order valence-electron chi connectivity index (χ0n) is 12.9. The summed E-state index contributed by atoms with van der Waals surface area (Å²) >= 11 is 0. The van der Waals surface area contributed by atoms with Gasteiger partial charge in [0.15, 0.2) is 0 Å². The Balaban J connectivity index is 1.45. The quantitative estimate of drug-likeness (QED) is 0.673. The number of aliphatic hydroxyl groups excluding tert-OH is 1. The molecule has 124 valence electrons. The van der Waals surface area contributed by atoms with Crippen LogP contribution < -0.4 is 16.0 Å². The molecule has 7 nitrogen and oxygen atoms in total. The number of nitrogens with one attached hydrogen (secondary N) is 3. The molecule has 1 unspecified atom stereocenters. The maximum Gasteiger partial charge on any atom is 0.321 e. The average Bonchev–Trinajstić information content (AvgIpc) is 3.23. The lowest BCUT2D eigenvalue weighted by Gasteiger charge is -2.18. The van der Waals surface area contributed by atoms with Crippen LogP contribution in [0.25, 0.3) is 0 Å². The lowest BCUT2D eigenvalue weighted by atomic mass is 10.2. The van der Waals surface area contributed by atoms with Crippen molar-refractivity contribution in [3.05, 3.63) is 29.8 Å². The van der Waals surface area contributed by atoms with E-state index < -0.39 is 0 Å². The molecule has 7 heteroatoms. The highest BCUT2D eigenvalue weighted by atomic mass is 16.3. The first-order valence-electron chi connectivity index (χ1n) is 7.97. The lowest BCUT2D eigenvalue weighted by molar-refractivity contribution is 0.219. The third-order valence-corrected chi connectivity index (χ3v) is 4.11. The van der Waals surface area contributed by atoms with Crippen LogP contribution in [0.2, 0.25) is 0 Å². The van der Waals surface area contributed by atoms with Crippen LogP contribution in [-0.2, 0) is 6.61 Å². The molecule has 1 heterocycles. The molecule has 1 aliphatic carbocycles. The van der Waals surface area contributed by atoms with Crippen molar-refractivity contribution in [2.45, 2.75) is 38.0 Å². The predicted octanol–water partition coefficient (Wildman–Crippen LogP) is 1.25. The van der Waals surface area contributed by atoms with Crippen molar-refractivity contribution in [2.24, 2.45) is 0 Å². The van der Waals surface area contributed by atoms with Gasteiger partial charge in [0.25, 0.3) is 0 Å². The number of hydrogen-bond acceptors (Lipinski definition) is 3.